The summed E-state index contributed by atoms with van der Waals surface area (Å²) < 4.78 is 25.6. The van der Waals surface area contributed by atoms with E-state index in [2.05, 4.69) is 0 Å². The van der Waals surface area contributed by atoms with E-state index in [0.717, 1.165) is 12.2 Å². The molecule has 0 aromatic heterocycles. The van der Waals surface area contributed by atoms with Crippen molar-refractivity contribution in [2.75, 3.05) is 0 Å². The number of carbonyl (C=O) groups excluding carboxylic acids is 1. The van der Waals surface area contributed by atoms with Crippen molar-refractivity contribution in [3.63, 3.8) is 0 Å². The van der Waals surface area contributed by atoms with Gasteiger partial charge in [-0.1, -0.05) is 18.2 Å². The van der Waals surface area contributed by atoms with Crippen molar-refractivity contribution in [1.82, 2.24) is 0 Å². The van der Waals surface area contributed by atoms with Crippen LogP contribution in [-0.2, 0) is 16.0 Å². The topological polar surface area (TPSA) is 54.4 Å². The molecule has 0 fully saturated rings. The average molecular weight is 254 g/mol. The van der Waals surface area contributed by atoms with Crippen molar-refractivity contribution in [2.24, 2.45) is 0 Å². The van der Waals surface area contributed by atoms with Crippen LogP contribution in [0.2, 0.25) is 0 Å². The zero-order valence-corrected chi connectivity index (χ0v) is 9.69. The summed E-state index contributed by atoms with van der Waals surface area (Å²) in [6.45, 7) is 1.35. The zero-order chi connectivity index (χ0) is 13.7. The first kappa shape index (κ1) is 14.0. The van der Waals surface area contributed by atoms with Gasteiger partial charge in [0.1, 0.15) is 5.78 Å². The number of rotatable bonds is 5. The molecule has 18 heavy (non-hydrogen) atoms. The molecule has 3 nitrogen and oxygen atoms in total. The number of hydrogen-bond acceptors (Lipinski definition) is 2. The Morgan fingerprint density at radius 1 is 1.39 bits per heavy atom. The van der Waals surface area contributed by atoms with Crippen molar-refractivity contribution in [3.05, 3.63) is 41.0 Å². The van der Waals surface area contributed by atoms with Crippen LogP contribution in [0.5, 0.6) is 0 Å². The molecule has 0 aliphatic heterocycles. The van der Waals surface area contributed by atoms with E-state index < -0.39 is 12.4 Å². The lowest BCUT2D eigenvalue weighted by atomic mass is 9.97. The molecule has 0 heterocycles. The normalized spacial score (nSPS) is 11.1. The third-order valence-electron chi connectivity index (χ3n) is 2.30. The number of alkyl halides is 2. The number of ketones is 1. The number of carboxylic acids is 1. The molecule has 0 unspecified atom stereocenters. The largest absolute Gasteiger partial charge is 0.478 e. The van der Waals surface area contributed by atoms with Gasteiger partial charge in [0.15, 0.2) is 0 Å². The standard InChI is InChI=1S/C13H12F2O3/c1-8(16)7-9-3-2-4-11(13(14)15)10(9)5-6-12(17)18/h2-6,13H,7H2,1H3,(H,17,18)/b6-5+. The molecule has 1 aromatic rings. The van der Waals surface area contributed by atoms with Gasteiger partial charge >= 0.3 is 5.97 Å². The van der Waals surface area contributed by atoms with E-state index in [9.17, 15) is 18.4 Å². The van der Waals surface area contributed by atoms with Gasteiger partial charge in [-0.2, -0.15) is 0 Å². The van der Waals surface area contributed by atoms with E-state index in [1.54, 1.807) is 0 Å². The van der Waals surface area contributed by atoms with Gasteiger partial charge in [-0.3, -0.25) is 4.79 Å². The number of aliphatic carboxylic acids is 1. The number of carboxylic acid groups (broad SMARTS) is 1. The molecule has 1 rings (SSSR count). The summed E-state index contributed by atoms with van der Waals surface area (Å²) in [5.41, 5.74) is 0.231. The highest BCUT2D eigenvalue weighted by Gasteiger charge is 2.15. The highest BCUT2D eigenvalue weighted by Crippen LogP contribution is 2.27. The smallest absolute Gasteiger partial charge is 0.328 e. The molecular weight excluding hydrogens is 242 g/mol. The maximum Gasteiger partial charge on any atom is 0.328 e. The van der Waals surface area contributed by atoms with Crippen LogP contribution < -0.4 is 0 Å². The lowest BCUT2D eigenvalue weighted by Gasteiger charge is -2.10. The Hall–Kier alpha value is -2.04. The highest BCUT2D eigenvalue weighted by molar-refractivity contribution is 5.87. The maximum absolute atomic E-state index is 12.8. The summed E-state index contributed by atoms with van der Waals surface area (Å²) in [5.74, 6) is -1.40. The molecule has 0 aliphatic rings. The van der Waals surface area contributed by atoms with Crippen LogP contribution in [0.1, 0.15) is 30.0 Å². The number of carbonyl (C=O) groups is 2. The number of hydrogen-bond donors (Lipinski definition) is 1. The van der Waals surface area contributed by atoms with Crippen molar-refractivity contribution in [1.29, 1.82) is 0 Å². The Kier molecular flexibility index (Phi) is 4.71. The molecule has 0 atom stereocenters. The molecule has 0 radical (unpaired) electrons. The van der Waals surface area contributed by atoms with Crippen LogP contribution in [0.4, 0.5) is 8.78 Å². The van der Waals surface area contributed by atoms with Gasteiger partial charge < -0.3 is 5.11 Å². The minimum absolute atomic E-state index is 0.000146. The Labute approximate surface area is 103 Å². The fourth-order valence-electron chi connectivity index (χ4n) is 1.60. The molecule has 0 saturated carbocycles. The first-order chi connectivity index (χ1) is 8.41. The van der Waals surface area contributed by atoms with E-state index >= 15 is 0 Å². The summed E-state index contributed by atoms with van der Waals surface area (Å²) >= 11 is 0. The molecule has 0 amide bonds. The Balaban J connectivity index is 3.29. The van der Waals surface area contributed by atoms with E-state index in [1.807, 2.05) is 0 Å². The minimum atomic E-state index is -2.72. The second-order valence-corrected chi connectivity index (χ2v) is 3.77. The predicted octanol–water partition coefficient (Wildman–Crippen LogP) is 2.85. The van der Waals surface area contributed by atoms with E-state index in [0.29, 0.717) is 5.56 Å². The molecule has 0 bridgehead atoms. The fourth-order valence-corrected chi connectivity index (χ4v) is 1.60. The fraction of sp³-hybridized carbons (Fsp3) is 0.231. The lowest BCUT2D eigenvalue weighted by molar-refractivity contribution is -0.131. The summed E-state index contributed by atoms with van der Waals surface area (Å²) in [4.78, 5) is 21.5. The third-order valence-corrected chi connectivity index (χ3v) is 2.30. The lowest BCUT2D eigenvalue weighted by Crippen LogP contribution is -2.02. The highest BCUT2D eigenvalue weighted by atomic mass is 19.3. The van der Waals surface area contributed by atoms with Crippen LogP contribution in [0.3, 0.4) is 0 Å². The van der Waals surface area contributed by atoms with E-state index in [4.69, 9.17) is 5.11 Å². The van der Waals surface area contributed by atoms with E-state index in [1.165, 1.54) is 25.1 Å². The molecule has 0 saturated heterocycles. The van der Waals surface area contributed by atoms with Gasteiger partial charge in [-0.25, -0.2) is 13.6 Å². The Morgan fingerprint density at radius 2 is 2.06 bits per heavy atom. The maximum atomic E-state index is 12.8. The van der Waals surface area contributed by atoms with Crippen LogP contribution >= 0.6 is 0 Å². The molecule has 1 aromatic carbocycles. The molecule has 1 N–H and O–H groups in total. The summed E-state index contributed by atoms with van der Waals surface area (Å²) in [6.07, 6.45) is -0.836. The van der Waals surface area contributed by atoms with Crippen molar-refractivity contribution in [3.8, 4) is 0 Å². The first-order valence-electron chi connectivity index (χ1n) is 5.22. The van der Waals surface area contributed by atoms with Crippen molar-refractivity contribution in [2.45, 2.75) is 19.8 Å². The SMILES string of the molecule is CC(=O)Cc1cccc(C(F)F)c1/C=C/C(=O)O. The molecule has 0 aliphatic carbocycles. The summed E-state index contributed by atoms with van der Waals surface area (Å²) in [5, 5.41) is 8.54. The van der Waals surface area contributed by atoms with Gasteiger partial charge in [0.25, 0.3) is 6.43 Å². The Morgan fingerprint density at radius 3 is 2.56 bits per heavy atom. The number of benzene rings is 1. The van der Waals surface area contributed by atoms with Gasteiger partial charge in [0, 0.05) is 18.1 Å². The van der Waals surface area contributed by atoms with Crippen molar-refractivity contribution < 1.29 is 23.5 Å². The predicted molar refractivity (Wildman–Crippen MR) is 62.5 cm³/mol. The molecule has 5 heteroatoms. The van der Waals surface area contributed by atoms with Gasteiger partial charge in [-0.05, 0) is 24.1 Å². The summed E-state index contributed by atoms with van der Waals surface area (Å²) in [6, 6.07) is 4.18. The number of Topliss-reactive ketones (excluding diaryl/α,β-unsaturated/α-hetero) is 1. The molecule has 96 valence electrons. The number of halogens is 2. The molecular formula is C13H12F2O3. The van der Waals surface area contributed by atoms with Crippen LogP contribution in [0.25, 0.3) is 6.08 Å². The van der Waals surface area contributed by atoms with Crippen LogP contribution in [0.15, 0.2) is 24.3 Å². The van der Waals surface area contributed by atoms with Crippen molar-refractivity contribution >= 4 is 17.8 Å². The minimum Gasteiger partial charge on any atom is -0.478 e. The van der Waals surface area contributed by atoms with Gasteiger partial charge in [0.2, 0.25) is 0 Å². The van der Waals surface area contributed by atoms with E-state index in [-0.39, 0.29) is 23.3 Å². The summed E-state index contributed by atoms with van der Waals surface area (Å²) in [7, 11) is 0. The quantitative estimate of drug-likeness (QED) is 0.822. The van der Waals surface area contributed by atoms with Crippen LogP contribution in [-0.4, -0.2) is 16.9 Å². The second kappa shape index (κ2) is 6.05. The monoisotopic (exact) mass is 254 g/mol. The Bertz CT molecular complexity index is 493. The second-order valence-electron chi connectivity index (χ2n) is 3.77. The third kappa shape index (κ3) is 3.76. The van der Waals surface area contributed by atoms with Crippen LogP contribution in [0, 0.1) is 0 Å². The molecule has 0 spiro atoms. The first-order valence-corrected chi connectivity index (χ1v) is 5.22. The van der Waals surface area contributed by atoms with Gasteiger partial charge in [-0.15, -0.1) is 0 Å². The van der Waals surface area contributed by atoms with Gasteiger partial charge in [0.05, 0.1) is 0 Å². The zero-order valence-electron chi connectivity index (χ0n) is 9.69. The average Bonchev–Trinajstić information content (AvgIpc) is 2.25.